The van der Waals surface area contributed by atoms with Gasteiger partial charge in [-0.3, -0.25) is 4.90 Å². The van der Waals surface area contributed by atoms with E-state index >= 15 is 0 Å². The van der Waals surface area contributed by atoms with Crippen LogP contribution in [0, 0.1) is 0 Å². The average Bonchev–Trinajstić information content (AvgIpc) is 2.77. The smallest absolute Gasteiger partial charge is 0.347 e. The molecular formula is C13H14ClNO2. The molecule has 1 saturated heterocycles. The van der Waals surface area contributed by atoms with Gasteiger partial charge in [0.25, 0.3) is 0 Å². The van der Waals surface area contributed by atoms with E-state index in [2.05, 4.69) is 17.0 Å². The highest BCUT2D eigenvalue weighted by Crippen LogP contribution is 2.23. The van der Waals surface area contributed by atoms with Crippen molar-refractivity contribution in [2.45, 2.75) is 13.0 Å². The van der Waals surface area contributed by atoms with E-state index in [-0.39, 0.29) is 5.03 Å². The van der Waals surface area contributed by atoms with E-state index in [1.54, 1.807) is 0 Å². The molecule has 0 atom stereocenters. The molecule has 3 nitrogen and oxygen atoms in total. The lowest BCUT2D eigenvalue weighted by Crippen LogP contribution is -2.18. The normalized spacial score (nSPS) is 19.4. The van der Waals surface area contributed by atoms with Crippen LogP contribution in [0.2, 0.25) is 0 Å². The molecule has 4 heteroatoms. The summed E-state index contributed by atoms with van der Waals surface area (Å²) in [6.07, 6.45) is 0.748. The fourth-order valence-corrected chi connectivity index (χ4v) is 2.18. The number of benzene rings is 1. The van der Waals surface area contributed by atoms with Gasteiger partial charge in [0.2, 0.25) is 0 Å². The van der Waals surface area contributed by atoms with Crippen LogP contribution < -0.4 is 0 Å². The molecule has 0 radical (unpaired) electrons. The van der Waals surface area contributed by atoms with Crippen molar-refractivity contribution in [2.24, 2.45) is 0 Å². The second kappa shape index (κ2) is 5.34. The first-order valence-corrected chi connectivity index (χ1v) is 5.91. The van der Waals surface area contributed by atoms with E-state index in [4.69, 9.17) is 16.7 Å². The highest BCUT2D eigenvalue weighted by atomic mass is 35.5. The van der Waals surface area contributed by atoms with E-state index in [1.165, 1.54) is 5.56 Å². The number of carboxylic acids is 1. The Labute approximate surface area is 105 Å². The van der Waals surface area contributed by atoms with Gasteiger partial charge in [-0.1, -0.05) is 41.9 Å². The van der Waals surface area contributed by atoms with Gasteiger partial charge in [0.1, 0.15) is 5.03 Å². The maximum absolute atomic E-state index is 10.7. The molecule has 0 aliphatic carbocycles. The van der Waals surface area contributed by atoms with E-state index in [0.717, 1.165) is 25.1 Å². The summed E-state index contributed by atoms with van der Waals surface area (Å²) in [6, 6.07) is 10.1. The largest absolute Gasteiger partial charge is 0.477 e. The van der Waals surface area contributed by atoms with Crippen molar-refractivity contribution in [2.75, 3.05) is 13.1 Å². The van der Waals surface area contributed by atoms with Gasteiger partial charge < -0.3 is 5.11 Å². The Balaban J connectivity index is 2.00. The van der Waals surface area contributed by atoms with Crippen LogP contribution in [0.25, 0.3) is 0 Å². The summed E-state index contributed by atoms with van der Waals surface area (Å²) in [7, 11) is 0. The van der Waals surface area contributed by atoms with Crippen molar-refractivity contribution in [3.63, 3.8) is 0 Å². The molecule has 0 bridgehead atoms. The molecule has 1 aliphatic heterocycles. The van der Waals surface area contributed by atoms with Gasteiger partial charge in [0.15, 0.2) is 0 Å². The van der Waals surface area contributed by atoms with Gasteiger partial charge in [-0.2, -0.15) is 0 Å². The minimum absolute atomic E-state index is 0.0134. The Morgan fingerprint density at radius 3 is 2.71 bits per heavy atom. The quantitative estimate of drug-likeness (QED) is 0.839. The third kappa shape index (κ3) is 3.08. The standard InChI is InChI=1S/C13H14ClNO2/c14-12(13(16)17)11-6-7-15(9-11)8-10-4-2-1-3-5-10/h1-5H,6-9H2,(H,16,17)/b12-11-. The predicted octanol–water partition coefficient (Wildman–Crippen LogP) is 2.47. The van der Waals surface area contributed by atoms with E-state index in [9.17, 15) is 4.79 Å². The molecule has 90 valence electrons. The van der Waals surface area contributed by atoms with Crippen molar-refractivity contribution in [1.82, 2.24) is 4.90 Å². The number of aliphatic carboxylic acids is 1. The summed E-state index contributed by atoms with van der Waals surface area (Å²) in [5.41, 5.74) is 2.07. The number of hydrogen-bond acceptors (Lipinski definition) is 2. The van der Waals surface area contributed by atoms with Crippen molar-refractivity contribution in [3.05, 3.63) is 46.5 Å². The first-order chi connectivity index (χ1) is 8.16. The lowest BCUT2D eigenvalue weighted by molar-refractivity contribution is -0.131. The lowest BCUT2D eigenvalue weighted by atomic mass is 10.2. The van der Waals surface area contributed by atoms with Crippen molar-refractivity contribution in [1.29, 1.82) is 0 Å². The number of likely N-dealkylation sites (tertiary alicyclic amines) is 1. The molecule has 0 amide bonds. The van der Waals surface area contributed by atoms with Crippen LogP contribution in [0.4, 0.5) is 0 Å². The molecule has 0 aromatic heterocycles. The molecule has 1 N–H and O–H groups in total. The van der Waals surface area contributed by atoms with Crippen molar-refractivity contribution in [3.8, 4) is 0 Å². The SMILES string of the molecule is O=C(O)/C(Cl)=C1\CCN(Cc2ccccc2)C1. The molecule has 0 unspecified atom stereocenters. The van der Waals surface area contributed by atoms with Gasteiger partial charge in [-0.15, -0.1) is 0 Å². The lowest BCUT2D eigenvalue weighted by Gasteiger charge is -2.14. The summed E-state index contributed by atoms with van der Waals surface area (Å²) in [6.45, 7) is 2.36. The summed E-state index contributed by atoms with van der Waals surface area (Å²) in [5.74, 6) is -1.02. The average molecular weight is 252 g/mol. The molecule has 1 aliphatic rings. The zero-order chi connectivity index (χ0) is 12.3. The first-order valence-electron chi connectivity index (χ1n) is 5.54. The third-order valence-corrected chi connectivity index (χ3v) is 3.32. The zero-order valence-corrected chi connectivity index (χ0v) is 10.2. The van der Waals surface area contributed by atoms with Crippen LogP contribution >= 0.6 is 11.6 Å². The van der Waals surface area contributed by atoms with Gasteiger partial charge in [-0.25, -0.2) is 4.79 Å². The monoisotopic (exact) mass is 251 g/mol. The minimum atomic E-state index is -1.02. The topological polar surface area (TPSA) is 40.5 Å². The second-order valence-corrected chi connectivity index (χ2v) is 4.55. The maximum Gasteiger partial charge on any atom is 0.347 e. The van der Waals surface area contributed by atoms with Crippen LogP contribution in [0.15, 0.2) is 40.9 Å². The molecule has 1 aromatic carbocycles. The highest BCUT2D eigenvalue weighted by Gasteiger charge is 2.21. The number of carboxylic acid groups (broad SMARTS) is 1. The van der Waals surface area contributed by atoms with E-state index in [1.807, 2.05) is 18.2 Å². The number of halogens is 1. The van der Waals surface area contributed by atoms with Crippen molar-refractivity contribution < 1.29 is 9.90 Å². The van der Waals surface area contributed by atoms with Crippen LogP contribution in [0.1, 0.15) is 12.0 Å². The molecule has 1 aromatic rings. The van der Waals surface area contributed by atoms with Crippen LogP contribution in [0.5, 0.6) is 0 Å². The van der Waals surface area contributed by atoms with Crippen LogP contribution in [0.3, 0.4) is 0 Å². The fourth-order valence-electron chi connectivity index (χ4n) is 2.03. The minimum Gasteiger partial charge on any atom is -0.477 e. The molecule has 0 spiro atoms. The molecule has 0 saturated carbocycles. The molecule has 17 heavy (non-hydrogen) atoms. The van der Waals surface area contributed by atoms with E-state index in [0.29, 0.717) is 6.54 Å². The maximum atomic E-state index is 10.7. The predicted molar refractivity (Wildman–Crippen MR) is 66.9 cm³/mol. The molecular weight excluding hydrogens is 238 g/mol. The summed E-state index contributed by atoms with van der Waals surface area (Å²) >= 11 is 5.74. The molecule has 2 rings (SSSR count). The molecule has 1 fully saturated rings. The summed E-state index contributed by atoms with van der Waals surface area (Å²) in [4.78, 5) is 12.9. The zero-order valence-electron chi connectivity index (χ0n) is 9.40. The number of hydrogen-bond donors (Lipinski definition) is 1. The summed E-state index contributed by atoms with van der Waals surface area (Å²) in [5, 5.41) is 8.80. The van der Waals surface area contributed by atoms with Crippen molar-refractivity contribution >= 4 is 17.6 Å². The van der Waals surface area contributed by atoms with Gasteiger partial charge >= 0.3 is 5.97 Å². The number of nitrogens with zero attached hydrogens (tertiary/aromatic N) is 1. The van der Waals surface area contributed by atoms with Crippen LogP contribution in [-0.4, -0.2) is 29.1 Å². The van der Waals surface area contributed by atoms with Gasteiger partial charge in [0, 0.05) is 19.6 Å². The highest BCUT2D eigenvalue weighted by molar-refractivity contribution is 6.41. The fraction of sp³-hybridized carbons (Fsp3) is 0.308. The van der Waals surface area contributed by atoms with Gasteiger partial charge in [-0.05, 0) is 17.6 Å². The Morgan fingerprint density at radius 1 is 1.35 bits per heavy atom. The Bertz CT molecular complexity index is 442. The Kier molecular flexibility index (Phi) is 3.82. The number of rotatable bonds is 3. The van der Waals surface area contributed by atoms with Gasteiger partial charge in [0.05, 0.1) is 0 Å². The summed E-state index contributed by atoms with van der Waals surface area (Å²) < 4.78 is 0. The van der Waals surface area contributed by atoms with Crippen LogP contribution in [-0.2, 0) is 11.3 Å². The number of carbonyl (C=O) groups is 1. The third-order valence-electron chi connectivity index (χ3n) is 2.89. The Hall–Kier alpha value is -1.32. The second-order valence-electron chi connectivity index (χ2n) is 4.17. The first kappa shape index (κ1) is 12.1. The Morgan fingerprint density at radius 2 is 2.06 bits per heavy atom. The molecule has 1 heterocycles. The van der Waals surface area contributed by atoms with E-state index < -0.39 is 5.97 Å².